The van der Waals surface area contributed by atoms with Gasteiger partial charge in [0.25, 0.3) is 23.6 Å². The van der Waals surface area contributed by atoms with E-state index >= 15 is 0 Å². The molecule has 2 aromatic heterocycles. The van der Waals surface area contributed by atoms with Crippen LogP contribution >= 0.6 is 0 Å². The number of benzene rings is 4. The summed E-state index contributed by atoms with van der Waals surface area (Å²) in [6, 6.07) is 13.8. The number of nitrogens with zero attached hydrogens (tertiary/aromatic N) is 4. The van der Waals surface area contributed by atoms with Gasteiger partial charge in [-0.3, -0.25) is 29.0 Å². The van der Waals surface area contributed by atoms with Crippen LogP contribution in [0, 0.1) is 13.8 Å². The topological polar surface area (TPSA) is 149 Å². The molecule has 6 aromatic rings. The molecule has 12 heteroatoms. The van der Waals surface area contributed by atoms with Crippen molar-refractivity contribution < 1.29 is 29.4 Å². The third kappa shape index (κ3) is 4.45. The fourth-order valence-corrected chi connectivity index (χ4v) is 8.04. The van der Waals surface area contributed by atoms with Gasteiger partial charge in [-0.2, -0.15) is 0 Å². The molecule has 0 saturated heterocycles. The lowest BCUT2D eigenvalue weighted by molar-refractivity contribution is 0.0638. The van der Waals surface area contributed by atoms with Crippen LogP contribution < -0.4 is 10.6 Å². The van der Waals surface area contributed by atoms with Crippen molar-refractivity contribution in [3.63, 3.8) is 0 Å². The Kier molecular flexibility index (Phi) is 7.21. The van der Waals surface area contributed by atoms with Crippen molar-refractivity contribution in [3.8, 4) is 11.5 Å². The van der Waals surface area contributed by atoms with Crippen molar-refractivity contribution in [1.82, 2.24) is 29.6 Å². The Morgan fingerprint density at radius 2 is 0.940 bits per heavy atom. The Balaban J connectivity index is 0.860. The van der Waals surface area contributed by atoms with Crippen LogP contribution in [0.4, 0.5) is 0 Å². The van der Waals surface area contributed by atoms with Gasteiger partial charge in [-0.1, -0.05) is 0 Å². The van der Waals surface area contributed by atoms with Crippen LogP contribution in [0.5, 0.6) is 11.5 Å². The number of nitrogens with one attached hydrogen (secondary N) is 2. The standard InChI is InChI=1S/C38H36N6O6/c1-19-31-27(17-25-23-15-21(45)5-7-29(23)41(3)33(19)25)35(47)43(37(31)49)13-11-39-9-10-40-12-14-44-36(48)28-18-26-24-16-22(46)6-8-30(24)42(4)34(26)20(2)32(28)38(44)50/h5-8,15-18,39-40,45-46H,9-14H2,1-4H3. The molecule has 50 heavy (non-hydrogen) atoms. The van der Waals surface area contributed by atoms with Gasteiger partial charge in [-0.05, 0) is 73.5 Å². The van der Waals surface area contributed by atoms with Crippen LogP contribution in [-0.2, 0) is 14.1 Å². The van der Waals surface area contributed by atoms with Gasteiger partial charge in [0.1, 0.15) is 11.5 Å². The minimum absolute atomic E-state index is 0.136. The Bertz CT molecular complexity index is 2340. The minimum atomic E-state index is -0.331. The van der Waals surface area contributed by atoms with Crippen molar-refractivity contribution in [2.75, 3.05) is 39.3 Å². The minimum Gasteiger partial charge on any atom is -0.508 e. The van der Waals surface area contributed by atoms with Crippen LogP contribution in [0.25, 0.3) is 43.6 Å². The first-order valence-corrected chi connectivity index (χ1v) is 16.6. The number of hydrogen-bond donors (Lipinski definition) is 4. The van der Waals surface area contributed by atoms with Crippen molar-refractivity contribution in [3.05, 3.63) is 81.9 Å². The molecule has 4 aromatic carbocycles. The highest BCUT2D eigenvalue weighted by Crippen LogP contribution is 2.39. The summed E-state index contributed by atoms with van der Waals surface area (Å²) >= 11 is 0. The van der Waals surface area contributed by atoms with E-state index < -0.39 is 0 Å². The molecule has 4 N–H and O–H groups in total. The van der Waals surface area contributed by atoms with E-state index in [0.29, 0.717) is 48.4 Å². The van der Waals surface area contributed by atoms with Gasteiger partial charge in [0.05, 0.1) is 33.3 Å². The molecule has 254 valence electrons. The third-order valence-electron chi connectivity index (χ3n) is 10.4. The molecular weight excluding hydrogens is 636 g/mol. The Hall–Kier alpha value is -5.72. The highest BCUT2D eigenvalue weighted by molar-refractivity contribution is 6.27. The zero-order chi connectivity index (χ0) is 35.2. The smallest absolute Gasteiger partial charge is 0.261 e. The number of amides is 4. The predicted molar refractivity (Wildman–Crippen MR) is 190 cm³/mol. The van der Waals surface area contributed by atoms with Crippen LogP contribution in [0.3, 0.4) is 0 Å². The van der Waals surface area contributed by atoms with E-state index in [1.54, 1.807) is 36.4 Å². The van der Waals surface area contributed by atoms with Crippen molar-refractivity contribution in [2.45, 2.75) is 13.8 Å². The number of imide groups is 2. The highest BCUT2D eigenvalue weighted by atomic mass is 16.3. The number of hydrogen-bond acceptors (Lipinski definition) is 8. The molecular formula is C38H36N6O6. The summed E-state index contributed by atoms with van der Waals surface area (Å²) in [7, 11) is 3.82. The second-order valence-corrected chi connectivity index (χ2v) is 13.2. The maximum Gasteiger partial charge on any atom is 0.261 e. The molecule has 0 atom stereocenters. The van der Waals surface area contributed by atoms with Gasteiger partial charge in [-0.15, -0.1) is 0 Å². The van der Waals surface area contributed by atoms with E-state index in [4.69, 9.17) is 0 Å². The molecule has 12 nitrogen and oxygen atoms in total. The van der Waals surface area contributed by atoms with Gasteiger partial charge < -0.3 is 30.0 Å². The quantitative estimate of drug-likeness (QED) is 0.133. The number of phenolic OH excluding ortho intramolecular Hbond substituents is 2. The first kappa shape index (κ1) is 31.5. The number of carbonyl (C=O) groups excluding carboxylic acids is 4. The zero-order valence-electron chi connectivity index (χ0n) is 28.2. The van der Waals surface area contributed by atoms with E-state index in [0.717, 1.165) is 54.7 Å². The maximum atomic E-state index is 13.4. The Morgan fingerprint density at radius 3 is 1.34 bits per heavy atom. The van der Waals surface area contributed by atoms with Crippen molar-refractivity contribution in [1.29, 1.82) is 0 Å². The number of phenols is 2. The summed E-state index contributed by atoms with van der Waals surface area (Å²) in [5, 5.41) is 30.0. The van der Waals surface area contributed by atoms with Crippen LogP contribution in [0.2, 0.25) is 0 Å². The number of rotatable bonds is 9. The lowest BCUT2D eigenvalue weighted by atomic mass is 9.99. The zero-order valence-corrected chi connectivity index (χ0v) is 28.2. The summed E-state index contributed by atoms with van der Waals surface area (Å²) in [6.45, 7) is 6.04. The summed E-state index contributed by atoms with van der Waals surface area (Å²) in [5.41, 5.74) is 6.60. The molecule has 0 radical (unpaired) electrons. The summed E-state index contributed by atoms with van der Waals surface area (Å²) < 4.78 is 3.97. The summed E-state index contributed by atoms with van der Waals surface area (Å²) in [5.74, 6) is -1.01. The fraction of sp³-hybridized carbons (Fsp3) is 0.263. The molecule has 0 saturated carbocycles. The second-order valence-electron chi connectivity index (χ2n) is 13.2. The highest BCUT2D eigenvalue weighted by Gasteiger charge is 2.39. The van der Waals surface area contributed by atoms with E-state index in [9.17, 15) is 29.4 Å². The number of aromatic nitrogens is 2. The summed E-state index contributed by atoms with van der Waals surface area (Å²) in [4.78, 5) is 56.2. The van der Waals surface area contributed by atoms with Crippen molar-refractivity contribution >= 4 is 67.2 Å². The third-order valence-corrected chi connectivity index (χ3v) is 10.4. The van der Waals surface area contributed by atoms with Gasteiger partial charge >= 0.3 is 0 Å². The molecule has 4 amide bonds. The fourth-order valence-electron chi connectivity index (χ4n) is 8.04. The number of carbonyl (C=O) groups is 4. The molecule has 0 fully saturated rings. The number of fused-ring (bicyclic) bond motifs is 8. The van der Waals surface area contributed by atoms with Gasteiger partial charge in [0.2, 0.25) is 0 Å². The molecule has 8 rings (SSSR count). The molecule has 0 aliphatic carbocycles. The van der Waals surface area contributed by atoms with E-state index in [-0.39, 0.29) is 48.2 Å². The average molecular weight is 673 g/mol. The first-order chi connectivity index (χ1) is 24.0. The second kappa shape index (κ2) is 11.4. The molecule has 0 spiro atoms. The average Bonchev–Trinajstić information content (AvgIpc) is 3.70. The normalized spacial score (nSPS) is 14.5. The van der Waals surface area contributed by atoms with Gasteiger partial charge in [-0.25, -0.2) is 0 Å². The molecule has 0 bridgehead atoms. The first-order valence-electron chi connectivity index (χ1n) is 16.6. The lowest BCUT2D eigenvalue weighted by Gasteiger charge is -2.16. The largest absolute Gasteiger partial charge is 0.508 e. The maximum absolute atomic E-state index is 13.4. The molecule has 0 unspecified atom stereocenters. The lowest BCUT2D eigenvalue weighted by Crippen LogP contribution is -2.40. The Morgan fingerprint density at radius 1 is 0.540 bits per heavy atom. The van der Waals surface area contributed by atoms with Crippen LogP contribution in [0.1, 0.15) is 52.6 Å². The number of aromatic hydroxyl groups is 2. The van der Waals surface area contributed by atoms with E-state index in [1.165, 1.54) is 9.80 Å². The van der Waals surface area contributed by atoms with Gasteiger partial charge in [0, 0.05) is 85.9 Å². The molecule has 4 heterocycles. The Labute approximate surface area is 286 Å². The molecule has 2 aliphatic rings. The van der Waals surface area contributed by atoms with Crippen LogP contribution in [-0.4, -0.2) is 92.0 Å². The van der Waals surface area contributed by atoms with Crippen molar-refractivity contribution in [2.24, 2.45) is 14.1 Å². The number of aryl methyl sites for hydroxylation is 4. The monoisotopic (exact) mass is 672 g/mol. The van der Waals surface area contributed by atoms with Gasteiger partial charge in [0.15, 0.2) is 0 Å². The van der Waals surface area contributed by atoms with E-state index in [2.05, 4.69) is 10.6 Å². The summed E-state index contributed by atoms with van der Waals surface area (Å²) in [6.07, 6.45) is 0. The molecule has 2 aliphatic heterocycles. The SMILES string of the molecule is Cc1c2c(cc3c4cc(O)ccc4n(C)c13)C(=O)N(CCNCCNCCN1C(=O)c3cc4c5cc(O)ccc5n(C)c4c(C)c3C1=O)C2=O. The predicted octanol–water partition coefficient (Wildman–Crippen LogP) is 4.08. The van der Waals surface area contributed by atoms with Crippen LogP contribution in [0.15, 0.2) is 48.5 Å². The van der Waals surface area contributed by atoms with E-state index in [1.807, 2.05) is 49.2 Å².